The van der Waals surface area contributed by atoms with Crippen LogP contribution in [0.15, 0.2) is 45.0 Å². The number of hydrogen-bond donors (Lipinski definition) is 1. The van der Waals surface area contributed by atoms with E-state index in [1.807, 2.05) is 17.5 Å². The molecule has 9 heteroatoms. The lowest BCUT2D eigenvalue weighted by Gasteiger charge is -2.06. The van der Waals surface area contributed by atoms with Gasteiger partial charge in [0.25, 0.3) is 5.89 Å². The summed E-state index contributed by atoms with van der Waals surface area (Å²) in [5, 5.41) is 10.0. The largest absolute Gasteiger partial charge is 0.418 e. The summed E-state index contributed by atoms with van der Waals surface area (Å²) in [6, 6.07) is 8.27. The molecule has 0 saturated heterocycles. The van der Waals surface area contributed by atoms with E-state index in [-0.39, 0.29) is 17.3 Å². The highest BCUT2D eigenvalue weighted by Crippen LogP contribution is 2.23. The zero-order valence-electron chi connectivity index (χ0n) is 12.0. The number of hydrogen-bond acceptors (Lipinski definition) is 6. The Morgan fingerprint density at radius 2 is 2.13 bits per heavy atom. The van der Waals surface area contributed by atoms with E-state index < -0.39 is 10.0 Å². The normalized spacial score (nSPS) is 11.7. The standard InChI is InChI=1S/C14H12ClN3O3S2/c1-9-4-5-10(7-11(9)15)23(19,20)16-8-13-17-18-14(21-13)12-3-2-6-22-12/h2-7,16H,8H2,1H3. The fraction of sp³-hybridized carbons (Fsp3) is 0.143. The summed E-state index contributed by atoms with van der Waals surface area (Å²) < 4.78 is 32.3. The zero-order chi connectivity index (χ0) is 16.4. The van der Waals surface area contributed by atoms with Gasteiger partial charge in [-0.25, -0.2) is 13.1 Å². The van der Waals surface area contributed by atoms with Gasteiger partial charge in [-0.2, -0.15) is 0 Å². The highest BCUT2D eigenvalue weighted by Gasteiger charge is 2.17. The molecule has 6 nitrogen and oxygen atoms in total. The lowest BCUT2D eigenvalue weighted by Crippen LogP contribution is -2.23. The molecular formula is C14H12ClN3O3S2. The number of aryl methyl sites for hydroxylation is 1. The third-order valence-electron chi connectivity index (χ3n) is 3.07. The molecule has 0 saturated carbocycles. The van der Waals surface area contributed by atoms with Crippen molar-refractivity contribution < 1.29 is 12.8 Å². The Balaban J connectivity index is 1.73. The van der Waals surface area contributed by atoms with Crippen LogP contribution in [0.1, 0.15) is 11.5 Å². The van der Waals surface area contributed by atoms with Crippen molar-refractivity contribution in [1.82, 2.24) is 14.9 Å². The molecule has 120 valence electrons. The van der Waals surface area contributed by atoms with Gasteiger partial charge < -0.3 is 4.42 Å². The van der Waals surface area contributed by atoms with E-state index in [2.05, 4.69) is 14.9 Å². The third-order valence-corrected chi connectivity index (χ3v) is 5.73. The monoisotopic (exact) mass is 369 g/mol. The first-order valence-electron chi connectivity index (χ1n) is 6.58. The van der Waals surface area contributed by atoms with Gasteiger partial charge in [0.1, 0.15) is 0 Å². The maximum Gasteiger partial charge on any atom is 0.257 e. The summed E-state index contributed by atoms with van der Waals surface area (Å²) in [7, 11) is -3.70. The van der Waals surface area contributed by atoms with Crippen LogP contribution < -0.4 is 4.72 Å². The van der Waals surface area contributed by atoms with Gasteiger partial charge >= 0.3 is 0 Å². The average Bonchev–Trinajstić information content (AvgIpc) is 3.18. The highest BCUT2D eigenvalue weighted by atomic mass is 35.5. The lowest BCUT2D eigenvalue weighted by molar-refractivity contribution is 0.495. The fourth-order valence-electron chi connectivity index (χ4n) is 1.81. The van der Waals surface area contributed by atoms with Gasteiger partial charge in [-0.05, 0) is 36.1 Å². The topological polar surface area (TPSA) is 85.1 Å². The van der Waals surface area contributed by atoms with Gasteiger partial charge in [0, 0.05) is 5.02 Å². The van der Waals surface area contributed by atoms with Crippen molar-refractivity contribution in [1.29, 1.82) is 0 Å². The SMILES string of the molecule is Cc1ccc(S(=O)(=O)NCc2nnc(-c3cccs3)o2)cc1Cl. The van der Waals surface area contributed by atoms with Crippen molar-refractivity contribution in [2.24, 2.45) is 0 Å². The number of thiophene rings is 1. The summed E-state index contributed by atoms with van der Waals surface area (Å²) in [6.45, 7) is 1.71. The zero-order valence-corrected chi connectivity index (χ0v) is 14.4. The molecule has 0 fully saturated rings. The molecule has 0 atom stereocenters. The number of rotatable bonds is 5. The van der Waals surface area contributed by atoms with Crippen LogP contribution >= 0.6 is 22.9 Å². The molecular weight excluding hydrogens is 358 g/mol. The Labute approximate surface area is 142 Å². The summed E-state index contributed by atoms with van der Waals surface area (Å²) >= 11 is 7.43. The Morgan fingerprint density at radius 3 is 2.83 bits per heavy atom. The molecule has 2 heterocycles. The maximum absolute atomic E-state index is 12.2. The van der Waals surface area contributed by atoms with Gasteiger partial charge in [-0.3, -0.25) is 0 Å². The number of sulfonamides is 1. The molecule has 0 aliphatic rings. The summed E-state index contributed by atoms with van der Waals surface area (Å²) in [6.07, 6.45) is 0. The lowest BCUT2D eigenvalue weighted by atomic mass is 10.2. The number of nitrogens with zero attached hydrogens (tertiary/aromatic N) is 2. The van der Waals surface area contributed by atoms with Crippen molar-refractivity contribution in [2.45, 2.75) is 18.4 Å². The Bertz CT molecular complexity index is 921. The van der Waals surface area contributed by atoms with E-state index in [4.69, 9.17) is 16.0 Å². The molecule has 0 aliphatic carbocycles. The second-order valence-corrected chi connectivity index (χ2v) is 7.84. The smallest absolute Gasteiger partial charge is 0.257 e. The van der Waals surface area contributed by atoms with E-state index in [1.54, 1.807) is 13.0 Å². The maximum atomic E-state index is 12.2. The molecule has 3 rings (SSSR count). The molecule has 1 N–H and O–H groups in total. The van der Waals surface area contributed by atoms with Crippen LogP contribution in [-0.2, 0) is 16.6 Å². The van der Waals surface area contributed by atoms with Crippen molar-refractivity contribution >= 4 is 33.0 Å². The highest BCUT2D eigenvalue weighted by molar-refractivity contribution is 7.89. The van der Waals surface area contributed by atoms with Crippen molar-refractivity contribution in [3.8, 4) is 10.8 Å². The second-order valence-electron chi connectivity index (χ2n) is 4.71. The predicted molar refractivity (Wildman–Crippen MR) is 87.8 cm³/mol. The summed E-state index contributed by atoms with van der Waals surface area (Å²) in [5.41, 5.74) is 0.808. The van der Waals surface area contributed by atoms with Crippen LogP contribution in [0.5, 0.6) is 0 Å². The molecule has 23 heavy (non-hydrogen) atoms. The van der Waals surface area contributed by atoms with Crippen molar-refractivity contribution in [2.75, 3.05) is 0 Å². The number of nitrogens with one attached hydrogen (secondary N) is 1. The minimum absolute atomic E-state index is 0.0890. The number of halogens is 1. The van der Waals surface area contributed by atoms with E-state index in [9.17, 15) is 8.42 Å². The quantitative estimate of drug-likeness (QED) is 0.746. The van der Waals surface area contributed by atoms with Crippen molar-refractivity contribution in [3.63, 3.8) is 0 Å². The first-order valence-corrected chi connectivity index (χ1v) is 9.32. The van der Waals surface area contributed by atoms with Crippen LogP contribution in [0.3, 0.4) is 0 Å². The second kappa shape index (κ2) is 6.40. The van der Waals surface area contributed by atoms with E-state index >= 15 is 0 Å². The van der Waals surface area contributed by atoms with Crippen LogP contribution in [0.25, 0.3) is 10.8 Å². The summed E-state index contributed by atoms with van der Waals surface area (Å²) in [5.74, 6) is 0.558. The van der Waals surface area contributed by atoms with E-state index in [0.29, 0.717) is 10.9 Å². The Kier molecular flexibility index (Phi) is 4.49. The van der Waals surface area contributed by atoms with E-state index in [0.717, 1.165) is 10.4 Å². The molecule has 0 radical (unpaired) electrons. The molecule has 1 aromatic carbocycles. The minimum Gasteiger partial charge on any atom is -0.418 e. The first kappa shape index (κ1) is 16.1. The van der Waals surface area contributed by atoms with Gasteiger partial charge in [0.15, 0.2) is 0 Å². The fourth-order valence-corrected chi connectivity index (χ4v) is 3.70. The number of benzene rings is 1. The Morgan fingerprint density at radius 1 is 1.30 bits per heavy atom. The van der Waals surface area contributed by atoms with Gasteiger partial charge in [-0.15, -0.1) is 21.5 Å². The molecule has 0 amide bonds. The minimum atomic E-state index is -3.70. The Hall–Kier alpha value is -1.74. The molecule has 0 unspecified atom stereocenters. The first-order chi connectivity index (χ1) is 11.0. The number of aromatic nitrogens is 2. The van der Waals surface area contributed by atoms with Gasteiger partial charge in [-0.1, -0.05) is 23.7 Å². The third kappa shape index (κ3) is 3.61. The van der Waals surface area contributed by atoms with Crippen molar-refractivity contribution in [3.05, 3.63) is 52.2 Å². The van der Waals surface area contributed by atoms with Crippen LogP contribution in [0.4, 0.5) is 0 Å². The molecule has 0 aliphatic heterocycles. The van der Waals surface area contributed by atoms with Crippen LogP contribution in [0.2, 0.25) is 5.02 Å². The predicted octanol–water partition coefficient (Wildman–Crippen LogP) is 3.24. The van der Waals surface area contributed by atoms with E-state index in [1.165, 1.54) is 23.5 Å². The van der Waals surface area contributed by atoms with Crippen LogP contribution in [-0.4, -0.2) is 18.6 Å². The average molecular weight is 370 g/mol. The molecule has 0 spiro atoms. The molecule has 2 aromatic heterocycles. The van der Waals surface area contributed by atoms with Crippen LogP contribution in [0, 0.1) is 6.92 Å². The van der Waals surface area contributed by atoms with Gasteiger partial charge in [0.05, 0.1) is 16.3 Å². The molecule has 3 aromatic rings. The molecule has 0 bridgehead atoms. The summed E-state index contributed by atoms with van der Waals surface area (Å²) in [4.78, 5) is 0.919. The van der Waals surface area contributed by atoms with Gasteiger partial charge in [0.2, 0.25) is 15.9 Å².